The number of aliphatic hydroxyl groups excluding tert-OH is 1. The Morgan fingerprint density at radius 2 is 2.17 bits per heavy atom. The van der Waals surface area contributed by atoms with E-state index in [1.165, 1.54) is 19.8 Å². The second-order valence-corrected chi connectivity index (χ2v) is 9.96. The maximum Gasteiger partial charge on any atom is 0.303 e. The van der Waals surface area contributed by atoms with E-state index in [2.05, 4.69) is 39.7 Å². The summed E-state index contributed by atoms with van der Waals surface area (Å²) in [5.41, 5.74) is 2.64. The van der Waals surface area contributed by atoms with Gasteiger partial charge >= 0.3 is 5.97 Å². The third-order valence-electron chi connectivity index (χ3n) is 6.88. The highest BCUT2D eigenvalue weighted by atomic mass is 79.9. The van der Waals surface area contributed by atoms with Gasteiger partial charge in [0.05, 0.1) is 12.1 Å². The summed E-state index contributed by atoms with van der Waals surface area (Å²) in [7, 11) is 0. The molecule has 4 rings (SSSR count). The summed E-state index contributed by atoms with van der Waals surface area (Å²) in [6, 6.07) is 8.34. The van der Waals surface area contributed by atoms with Crippen molar-refractivity contribution in [2.75, 3.05) is 6.54 Å². The van der Waals surface area contributed by atoms with Crippen molar-refractivity contribution in [1.82, 2.24) is 9.88 Å². The Morgan fingerprint density at radius 3 is 2.86 bits per heavy atom. The molecular formula is C23H29BrN2O3. The molecule has 0 amide bonds. The largest absolute Gasteiger partial charge is 0.456 e. The summed E-state index contributed by atoms with van der Waals surface area (Å²) < 4.78 is 5.89. The van der Waals surface area contributed by atoms with Gasteiger partial charge in [0.1, 0.15) is 6.10 Å². The van der Waals surface area contributed by atoms with Crippen molar-refractivity contribution in [1.29, 1.82) is 0 Å². The van der Waals surface area contributed by atoms with Gasteiger partial charge in [-0.2, -0.15) is 0 Å². The number of nitrogens with zero attached hydrogens (tertiary/aromatic N) is 2. The Bertz CT molecular complexity index is 903. The zero-order valence-electron chi connectivity index (χ0n) is 17.2. The lowest BCUT2D eigenvalue weighted by atomic mass is 9.68. The van der Waals surface area contributed by atoms with Gasteiger partial charge in [-0.05, 0) is 61.9 Å². The highest BCUT2D eigenvalue weighted by Crippen LogP contribution is 2.50. The van der Waals surface area contributed by atoms with Crippen LogP contribution in [0.4, 0.5) is 0 Å². The minimum atomic E-state index is -0.369. The van der Waals surface area contributed by atoms with Gasteiger partial charge in [-0.25, -0.2) is 0 Å². The van der Waals surface area contributed by atoms with Crippen LogP contribution in [0, 0.1) is 11.8 Å². The number of rotatable bonds is 6. The molecule has 6 atom stereocenters. The van der Waals surface area contributed by atoms with E-state index in [4.69, 9.17) is 4.74 Å². The van der Waals surface area contributed by atoms with Crippen LogP contribution in [-0.4, -0.2) is 44.4 Å². The lowest BCUT2D eigenvalue weighted by molar-refractivity contribution is -0.151. The van der Waals surface area contributed by atoms with Crippen molar-refractivity contribution in [2.45, 2.75) is 63.2 Å². The van der Waals surface area contributed by atoms with Gasteiger partial charge in [0, 0.05) is 41.0 Å². The standard InChI is InChI=1S/C23H29BrN2O3/c1-13(24)19-11-22-17(19)7-9-26(22)14(2)23(29-15(3)28)18-6-8-25-21-5-4-16(12-27)10-20(18)21/h4-6,8,10,13-14,17,19,22-23,27H,7,9,11-12H2,1-3H3/t13-,14?,17+,19-,22?,23+/m1/s1. The highest BCUT2D eigenvalue weighted by Gasteiger charge is 2.51. The molecule has 1 aliphatic carbocycles. The smallest absolute Gasteiger partial charge is 0.303 e. The number of pyridine rings is 1. The average Bonchev–Trinajstić information content (AvgIpc) is 3.00. The van der Waals surface area contributed by atoms with Crippen LogP contribution in [0.2, 0.25) is 0 Å². The van der Waals surface area contributed by atoms with Gasteiger partial charge in [0.2, 0.25) is 0 Å². The third-order valence-corrected chi connectivity index (χ3v) is 7.56. The fourth-order valence-corrected chi connectivity index (χ4v) is 5.95. The van der Waals surface area contributed by atoms with Crippen molar-refractivity contribution in [3.05, 3.63) is 41.6 Å². The van der Waals surface area contributed by atoms with Crippen LogP contribution >= 0.6 is 15.9 Å². The third kappa shape index (κ3) is 3.82. The van der Waals surface area contributed by atoms with Gasteiger partial charge in [-0.1, -0.05) is 28.9 Å². The number of benzene rings is 1. The summed E-state index contributed by atoms with van der Waals surface area (Å²) in [6.07, 6.45) is 3.80. The number of fused-ring (bicyclic) bond motifs is 2. The number of hydrogen-bond donors (Lipinski definition) is 1. The van der Waals surface area contributed by atoms with Crippen molar-refractivity contribution < 1.29 is 14.6 Å². The fourth-order valence-electron chi connectivity index (χ4n) is 5.34. The van der Waals surface area contributed by atoms with Crippen LogP contribution in [-0.2, 0) is 16.1 Å². The first-order valence-electron chi connectivity index (χ1n) is 10.5. The molecule has 156 valence electrons. The molecule has 2 aliphatic rings. The molecule has 1 aromatic carbocycles. The van der Waals surface area contributed by atoms with Gasteiger partial charge in [0.25, 0.3) is 0 Å². The maximum absolute atomic E-state index is 12.0. The number of esters is 1. The molecule has 6 heteroatoms. The average molecular weight is 461 g/mol. The van der Waals surface area contributed by atoms with E-state index in [0.29, 0.717) is 10.9 Å². The normalized spacial score (nSPS) is 27.1. The first kappa shape index (κ1) is 20.8. The Labute approximate surface area is 180 Å². The van der Waals surface area contributed by atoms with Crippen LogP contribution in [0.3, 0.4) is 0 Å². The quantitative estimate of drug-likeness (QED) is 0.516. The number of halogens is 1. The monoisotopic (exact) mass is 460 g/mol. The minimum absolute atomic E-state index is 0.0277. The molecule has 1 aromatic heterocycles. The van der Waals surface area contributed by atoms with Crippen LogP contribution in [0.15, 0.2) is 30.5 Å². The number of likely N-dealkylation sites (tertiary alicyclic amines) is 1. The van der Waals surface area contributed by atoms with Gasteiger partial charge in [-0.3, -0.25) is 14.7 Å². The number of hydrogen-bond acceptors (Lipinski definition) is 5. The van der Waals surface area contributed by atoms with Crippen LogP contribution < -0.4 is 0 Å². The minimum Gasteiger partial charge on any atom is -0.456 e. The van der Waals surface area contributed by atoms with E-state index >= 15 is 0 Å². The summed E-state index contributed by atoms with van der Waals surface area (Å²) in [6.45, 7) is 6.90. The Kier molecular flexibility index (Phi) is 5.96. The molecule has 0 spiro atoms. The zero-order valence-corrected chi connectivity index (χ0v) is 18.8. The number of alkyl halides is 1. The molecule has 0 radical (unpaired) electrons. The maximum atomic E-state index is 12.0. The molecule has 1 saturated heterocycles. The van der Waals surface area contributed by atoms with Gasteiger partial charge < -0.3 is 9.84 Å². The molecule has 2 heterocycles. The predicted molar refractivity (Wildman–Crippen MR) is 117 cm³/mol. The molecule has 2 fully saturated rings. The van der Waals surface area contributed by atoms with Crippen molar-refractivity contribution in [3.8, 4) is 0 Å². The summed E-state index contributed by atoms with van der Waals surface area (Å²) in [4.78, 5) is 19.5. The molecule has 1 aliphatic heterocycles. The number of aliphatic hydroxyl groups is 1. The number of aromatic nitrogens is 1. The Balaban J connectivity index is 1.67. The molecule has 1 saturated carbocycles. The predicted octanol–water partition coefficient (Wildman–Crippen LogP) is 4.21. The first-order chi connectivity index (χ1) is 13.9. The van der Waals surface area contributed by atoms with Crippen LogP contribution in [0.25, 0.3) is 10.9 Å². The van der Waals surface area contributed by atoms with E-state index < -0.39 is 0 Å². The van der Waals surface area contributed by atoms with Crippen molar-refractivity contribution >= 4 is 32.8 Å². The Hall–Kier alpha value is -1.50. The summed E-state index contributed by atoms with van der Waals surface area (Å²) in [5, 5.41) is 10.5. The van der Waals surface area contributed by atoms with E-state index in [-0.39, 0.29) is 24.7 Å². The van der Waals surface area contributed by atoms with Crippen molar-refractivity contribution in [3.63, 3.8) is 0 Å². The lowest BCUT2D eigenvalue weighted by Gasteiger charge is -2.48. The van der Waals surface area contributed by atoms with E-state index in [1.54, 1.807) is 6.20 Å². The van der Waals surface area contributed by atoms with Crippen molar-refractivity contribution in [2.24, 2.45) is 11.8 Å². The topological polar surface area (TPSA) is 62.7 Å². The second-order valence-electron chi connectivity index (χ2n) is 8.52. The van der Waals surface area contributed by atoms with E-state index in [1.807, 2.05) is 24.3 Å². The molecule has 0 bridgehead atoms. The highest BCUT2D eigenvalue weighted by molar-refractivity contribution is 9.09. The zero-order chi connectivity index (χ0) is 20.7. The number of carbonyl (C=O) groups excluding carboxylic acids is 1. The number of ether oxygens (including phenoxy) is 1. The lowest BCUT2D eigenvalue weighted by Crippen LogP contribution is -2.52. The number of carbonyl (C=O) groups is 1. The van der Waals surface area contributed by atoms with Crippen LogP contribution in [0.5, 0.6) is 0 Å². The molecular weight excluding hydrogens is 432 g/mol. The molecule has 2 unspecified atom stereocenters. The molecule has 2 aromatic rings. The SMILES string of the molecule is CC(=O)O[C@H](c1ccnc2ccc(CO)cc12)C(C)N1CC[C@@H]2C1C[C@@H]2[C@@H](C)Br. The van der Waals surface area contributed by atoms with E-state index in [9.17, 15) is 9.90 Å². The fraction of sp³-hybridized carbons (Fsp3) is 0.565. The van der Waals surface area contributed by atoms with Gasteiger partial charge in [-0.15, -0.1) is 0 Å². The van der Waals surface area contributed by atoms with E-state index in [0.717, 1.165) is 40.4 Å². The molecule has 1 N–H and O–H groups in total. The van der Waals surface area contributed by atoms with Crippen LogP contribution in [0.1, 0.15) is 50.8 Å². The molecule has 5 nitrogen and oxygen atoms in total. The summed E-state index contributed by atoms with van der Waals surface area (Å²) >= 11 is 3.77. The second kappa shape index (κ2) is 8.32. The molecule has 29 heavy (non-hydrogen) atoms. The first-order valence-corrected chi connectivity index (χ1v) is 11.4. The Morgan fingerprint density at radius 1 is 1.38 bits per heavy atom. The van der Waals surface area contributed by atoms with Gasteiger partial charge in [0.15, 0.2) is 0 Å². The summed E-state index contributed by atoms with van der Waals surface area (Å²) in [5.74, 6) is 1.18.